The van der Waals surface area contributed by atoms with E-state index in [0.29, 0.717) is 17.4 Å². The van der Waals surface area contributed by atoms with Crippen molar-refractivity contribution in [3.8, 4) is 23.0 Å². The van der Waals surface area contributed by atoms with Gasteiger partial charge in [-0.1, -0.05) is 6.07 Å². The van der Waals surface area contributed by atoms with Crippen LogP contribution in [0.4, 0.5) is 0 Å². The number of oxazole rings is 1. The van der Waals surface area contributed by atoms with Crippen LogP contribution in [0.2, 0.25) is 0 Å². The maximum absolute atomic E-state index is 10.8. The van der Waals surface area contributed by atoms with Crippen molar-refractivity contribution in [2.75, 3.05) is 7.11 Å². The average Bonchev–Trinajstić information content (AvgIpc) is 3.01. The number of carboxylic acids is 1. The fourth-order valence-corrected chi connectivity index (χ4v) is 2.28. The van der Waals surface area contributed by atoms with Gasteiger partial charge in [0.2, 0.25) is 5.89 Å². The highest BCUT2D eigenvalue weighted by atomic mass is 16.5. The van der Waals surface area contributed by atoms with Crippen molar-refractivity contribution in [1.82, 2.24) is 4.98 Å². The molecule has 0 unspecified atom stereocenters. The number of nitrogens with zero attached hydrogens (tertiary/aromatic N) is 1. The van der Waals surface area contributed by atoms with E-state index in [1.165, 1.54) is 12.1 Å². The zero-order chi connectivity index (χ0) is 17.8. The van der Waals surface area contributed by atoms with Gasteiger partial charge in [0, 0.05) is 5.56 Å². The molecule has 0 saturated carbocycles. The number of hydrogen-bond donors (Lipinski definition) is 1. The van der Waals surface area contributed by atoms with Crippen LogP contribution in [-0.4, -0.2) is 23.2 Å². The molecule has 25 heavy (non-hydrogen) atoms. The number of hydrogen-bond acceptors (Lipinski definition) is 5. The Kier molecular flexibility index (Phi) is 4.70. The second-order valence-corrected chi connectivity index (χ2v) is 5.38. The van der Waals surface area contributed by atoms with Gasteiger partial charge in [-0.25, -0.2) is 9.78 Å². The summed E-state index contributed by atoms with van der Waals surface area (Å²) in [5.41, 5.74) is 1.77. The van der Waals surface area contributed by atoms with Gasteiger partial charge in [0.25, 0.3) is 0 Å². The first-order valence-electron chi connectivity index (χ1n) is 7.63. The van der Waals surface area contributed by atoms with Crippen LogP contribution in [0.5, 0.6) is 11.5 Å². The minimum Gasteiger partial charge on any atom is -0.497 e. The largest absolute Gasteiger partial charge is 0.497 e. The SMILES string of the molecule is COc1cccc(-c2nc(C)c(COc3ccc(C(=O)O)cc3)o2)c1. The first-order valence-corrected chi connectivity index (χ1v) is 7.63. The molecule has 6 nitrogen and oxygen atoms in total. The first-order chi connectivity index (χ1) is 12.1. The van der Waals surface area contributed by atoms with Crippen molar-refractivity contribution >= 4 is 5.97 Å². The van der Waals surface area contributed by atoms with Crippen LogP contribution >= 0.6 is 0 Å². The van der Waals surface area contributed by atoms with Crippen molar-refractivity contribution in [2.24, 2.45) is 0 Å². The Labute approximate surface area is 144 Å². The van der Waals surface area contributed by atoms with E-state index in [4.69, 9.17) is 19.0 Å². The fourth-order valence-electron chi connectivity index (χ4n) is 2.28. The predicted octanol–water partition coefficient (Wildman–Crippen LogP) is 3.94. The average molecular weight is 339 g/mol. The van der Waals surface area contributed by atoms with Crippen LogP contribution in [0.3, 0.4) is 0 Å². The van der Waals surface area contributed by atoms with Crippen LogP contribution in [0, 0.1) is 6.92 Å². The molecule has 0 aliphatic rings. The van der Waals surface area contributed by atoms with E-state index in [2.05, 4.69) is 4.98 Å². The van der Waals surface area contributed by atoms with Crippen molar-refractivity contribution in [1.29, 1.82) is 0 Å². The van der Waals surface area contributed by atoms with Gasteiger partial charge in [-0.3, -0.25) is 0 Å². The molecular weight excluding hydrogens is 322 g/mol. The van der Waals surface area contributed by atoms with E-state index in [1.54, 1.807) is 19.2 Å². The van der Waals surface area contributed by atoms with Gasteiger partial charge < -0.3 is 19.0 Å². The number of carbonyl (C=O) groups is 1. The predicted molar refractivity (Wildman–Crippen MR) is 91.0 cm³/mol. The van der Waals surface area contributed by atoms with Crippen LogP contribution in [-0.2, 0) is 6.61 Å². The molecule has 0 radical (unpaired) electrons. The number of aryl methyl sites for hydroxylation is 1. The Balaban J connectivity index is 1.73. The smallest absolute Gasteiger partial charge is 0.335 e. The van der Waals surface area contributed by atoms with E-state index in [-0.39, 0.29) is 12.2 Å². The van der Waals surface area contributed by atoms with Crippen molar-refractivity contribution in [3.05, 3.63) is 65.5 Å². The Morgan fingerprint density at radius 2 is 1.92 bits per heavy atom. The van der Waals surface area contributed by atoms with Gasteiger partial charge in [-0.05, 0) is 49.4 Å². The standard InChI is InChI=1S/C19H17NO5/c1-12-17(11-24-15-8-6-13(7-9-15)19(21)22)25-18(20-12)14-4-3-5-16(10-14)23-2/h3-10H,11H2,1-2H3,(H,21,22). The van der Waals surface area contributed by atoms with E-state index < -0.39 is 5.97 Å². The monoisotopic (exact) mass is 339 g/mol. The summed E-state index contributed by atoms with van der Waals surface area (Å²) in [6.45, 7) is 2.05. The highest BCUT2D eigenvalue weighted by molar-refractivity contribution is 5.87. The second-order valence-electron chi connectivity index (χ2n) is 5.38. The molecule has 0 aliphatic carbocycles. The van der Waals surface area contributed by atoms with E-state index >= 15 is 0 Å². The van der Waals surface area contributed by atoms with Gasteiger partial charge in [-0.2, -0.15) is 0 Å². The molecule has 0 spiro atoms. The number of ether oxygens (including phenoxy) is 2. The minimum absolute atomic E-state index is 0.204. The lowest BCUT2D eigenvalue weighted by molar-refractivity contribution is 0.0697. The molecule has 1 N–H and O–H groups in total. The molecule has 3 aromatic rings. The third kappa shape index (κ3) is 3.80. The highest BCUT2D eigenvalue weighted by Crippen LogP contribution is 2.26. The summed E-state index contributed by atoms with van der Waals surface area (Å²) in [5.74, 6) is 1.42. The lowest BCUT2D eigenvalue weighted by atomic mass is 10.2. The summed E-state index contributed by atoms with van der Waals surface area (Å²) in [5, 5.41) is 8.90. The summed E-state index contributed by atoms with van der Waals surface area (Å²) < 4.78 is 16.7. The lowest BCUT2D eigenvalue weighted by Gasteiger charge is -2.05. The van der Waals surface area contributed by atoms with Gasteiger partial charge >= 0.3 is 5.97 Å². The Morgan fingerprint density at radius 3 is 2.60 bits per heavy atom. The zero-order valence-electron chi connectivity index (χ0n) is 13.9. The Hall–Kier alpha value is -3.28. The maximum atomic E-state index is 10.8. The normalized spacial score (nSPS) is 10.5. The summed E-state index contributed by atoms with van der Waals surface area (Å²) >= 11 is 0. The third-order valence-corrected chi connectivity index (χ3v) is 3.68. The van der Waals surface area contributed by atoms with Crippen molar-refractivity contribution in [2.45, 2.75) is 13.5 Å². The van der Waals surface area contributed by atoms with Crippen LogP contribution in [0.15, 0.2) is 52.9 Å². The van der Waals surface area contributed by atoms with E-state index in [9.17, 15) is 4.79 Å². The first kappa shape index (κ1) is 16.6. The molecule has 2 aromatic carbocycles. The number of aromatic nitrogens is 1. The van der Waals surface area contributed by atoms with E-state index in [0.717, 1.165) is 17.0 Å². The number of aromatic carboxylic acids is 1. The molecule has 0 saturated heterocycles. The highest BCUT2D eigenvalue weighted by Gasteiger charge is 2.13. The van der Waals surface area contributed by atoms with Gasteiger partial charge in [0.1, 0.15) is 18.1 Å². The maximum Gasteiger partial charge on any atom is 0.335 e. The number of rotatable bonds is 6. The second kappa shape index (κ2) is 7.09. The van der Waals surface area contributed by atoms with Crippen LogP contribution in [0.25, 0.3) is 11.5 Å². The number of methoxy groups -OCH3 is 1. The van der Waals surface area contributed by atoms with Gasteiger partial charge in [0.15, 0.2) is 5.76 Å². The summed E-state index contributed by atoms with van der Waals surface area (Å²) in [6, 6.07) is 13.7. The molecule has 128 valence electrons. The molecule has 0 bridgehead atoms. The molecular formula is C19H17NO5. The molecule has 0 atom stereocenters. The molecule has 1 heterocycles. The summed E-state index contributed by atoms with van der Waals surface area (Å²) in [7, 11) is 1.61. The Morgan fingerprint density at radius 1 is 1.16 bits per heavy atom. The number of benzene rings is 2. The molecule has 6 heteroatoms. The zero-order valence-corrected chi connectivity index (χ0v) is 13.9. The van der Waals surface area contributed by atoms with Gasteiger partial charge in [-0.15, -0.1) is 0 Å². The Bertz CT molecular complexity index is 883. The quantitative estimate of drug-likeness (QED) is 0.732. The third-order valence-electron chi connectivity index (χ3n) is 3.68. The van der Waals surface area contributed by atoms with Crippen LogP contribution in [0.1, 0.15) is 21.8 Å². The summed E-state index contributed by atoms with van der Waals surface area (Å²) in [4.78, 5) is 15.3. The summed E-state index contributed by atoms with van der Waals surface area (Å²) in [6.07, 6.45) is 0. The van der Waals surface area contributed by atoms with Crippen molar-refractivity contribution in [3.63, 3.8) is 0 Å². The fraction of sp³-hybridized carbons (Fsp3) is 0.158. The lowest BCUT2D eigenvalue weighted by Crippen LogP contribution is -1.98. The van der Waals surface area contributed by atoms with Crippen LogP contribution < -0.4 is 9.47 Å². The number of carboxylic acid groups (broad SMARTS) is 1. The molecule has 1 aromatic heterocycles. The van der Waals surface area contributed by atoms with E-state index in [1.807, 2.05) is 31.2 Å². The topological polar surface area (TPSA) is 81.8 Å². The molecule has 3 rings (SSSR count). The van der Waals surface area contributed by atoms with Gasteiger partial charge in [0.05, 0.1) is 18.4 Å². The molecule has 0 fully saturated rings. The minimum atomic E-state index is -0.972. The molecule has 0 amide bonds. The van der Waals surface area contributed by atoms with Crippen molar-refractivity contribution < 1.29 is 23.8 Å². The molecule has 0 aliphatic heterocycles.